The van der Waals surface area contributed by atoms with E-state index in [-0.39, 0.29) is 15.7 Å². The highest BCUT2D eigenvalue weighted by molar-refractivity contribution is 7.80. The van der Waals surface area contributed by atoms with Crippen molar-refractivity contribution < 1.29 is 9.59 Å². The molecule has 2 aromatic carbocycles. The lowest BCUT2D eigenvalue weighted by Crippen LogP contribution is -2.48. The number of carbonyl (C=O) groups is 2. The molecule has 124 valence electrons. The van der Waals surface area contributed by atoms with Crippen LogP contribution in [0.5, 0.6) is 0 Å². The summed E-state index contributed by atoms with van der Waals surface area (Å²) in [5.74, 6) is -0.996. The smallest absolute Gasteiger partial charge is 0.269 e. The van der Waals surface area contributed by atoms with E-state index in [4.69, 9.17) is 47.0 Å². The molecule has 0 bridgehead atoms. The zero-order valence-electron chi connectivity index (χ0n) is 11.9. The summed E-state index contributed by atoms with van der Waals surface area (Å²) in [6, 6.07) is 10.8. The predicted octanol–water partition coefficient (Wildman–Crippen LogP) is 3.60. The molecule has 0 saturated heterocycles. The highest BCUT2D eigenvalue weighted by Gasteiger charge is 2.13. The van der Waals surface area contributed by atoms with E-state index in [1.807, 2.05) is 0 Å². The molecule has 3 N–H and O–H groups in total. The normalized spacial score (nSPS) is 9.96. The van der Waals surface area contributed by atoms with Crippen molar-refractivity contribution in [1.82, 2.24) is 16.2 Å². The third-order valence-electron chi connectivity index (χ3n) is 2.78. The number of hydrogen-bond acceptors (Lipinski definition) is 3. The summed E-state index contributed by atoms with van der Waals surface area (Å²) in [5, 5.41) is 3.31. The fourth-order valence-electron chi connectivity index (χ4n) is 1.69. The number of nitrogens with one attached hydrogen (secondary N) is 3. The third-order valence-corrected chi connectivity index (χ3v) is 3.77. The molecule has 0 aliphatic carbocycles. The monoisotopic (exact) mass is 401 g/mol. The molecule has 24 heavy (non-hydrogen) atoms. The number of halogens is 3. The van der Waals surface area contributed by atoms with Crippen molar-refractivity contribution in [2.75, 3.05) is 0 Å². The molecule has 0 heterocycles. The highest BCUT2D eigenvalue weighted by atomic mass is 35.5. The molecule has 2 aromatic rings. The first-order chi connectivity index (χ1) is 11.4. The van der Waals surface area contributed by atoms with Gasteiger partial charge in [-0.25, -0.2) is 0 Å². The van der Waals surface area contributed by atoms with Gasteiger partial charge in [0.15, 0.2) is 5.11 Å². The van der Waals surface area contributed by atoms with Gasteiger partial charge in [-0.05, 0) is 48.6 Å². The summed E-state index contributed by atoms with van der Waals surface area (Å²) in [6.45, 7) is 0. The summed E-state index contributed by atoms with van der Waals surface area (Å²) in [7, 11) is 0. The van der Waals surface area contributed by atoms with Crippen LogP contribution in [0.25, 0.3) is 0 Å². The largest absolute Gasteiger partial charge is 0.298 e. The van der Waals surface area contributed by atoms with Gasteiger partial charge in [0.05, 0.1) is 10.6 Å². The summed E-state index contributed by atoms with van der Waals surface area (Å²) in [4.78, 5) is 24.0. The summed E-state index contributed by atoms with van der Waals surface area (Å²) in [5.41, 5.74) is 5.31. The minimum absolute atomic E-state index is 0.0959. The van der Waals surface area contributed by atoms with Crippen LogP contribution in [0, 0.1) is 0 Å². The van der Waals surface area contributed by atoms with Crippen LogP contribution in [0.3, 0.4) is 0 Å². The fourth-order valence-corrected chi connectivity index (χ4v) is 2.52. The molecule has 2 amide bonds. The van der Waals surface area contributed by atoms with Crippen LogP contribution in [0.15, 0.2) is 42.5 Å². The van der Waals surface area contributed by atoms with Crippen molar-refractivity contribution in [3.8, 4) is 0 Å². The van der Waals surface area contributed by atoms with Gasteiger partial charge in [-0.3, -0.25) is 25.8 Å². The lowest BCUT2D eigenvalue weighted by molar-refractivity contribution is 0.0934. The molecule has 0 spiro atoms. The van der Waals surface area contributed by atoms with Crippen LogP contribution in [-0.2, 0) is 0 Å². The average Bonchev–Trinajstić information content (AvgIpc) is 2.52. The van der Waals surface area contributed by atoms with Crippen molar-refractivity contribution in [3.05, 3.63) is 68.7 Å². The number of amides is 2. The second-order valence-corrected chi connectivity index (χ2v) is 6.19. The van der Waals surface area contributed by atoms with Crippen molar-refractivity contribution in [3.63, 3.8) is 0 Å². The molecule has 5 nitrogen and oxygen atoms in total. The number of rotatable bonds is 2. The summed E-state index contributed by atoms with van der Waals surface area (Å²) in [6.07, 6.45) is 0. The minimum atomic E-state index is -0.536. The molecule has 0 atom stereocenters. The van der Waals surface area contributed by atoms with Gasteiger partial charge in [-0.2, -0.15) is 0 Å². The van der Waals surface area contributed by atoms with Crippen LogP contribution in [0.1, 0.15) is 20.7 Å². The molecular weight excluding hydrogens is 393 g/mol. The number of hydrazine groups is 1. The van der Waals surface area contributed by atoms with Crippen molar-refractivity contribution >= 4 is 63.9 Å². The molecule has 0 saturated carbocycles. The maximum Gasteiger partial charge on any atom is 0.269 e. The summed E-state index contributed by atoms with van der Waals surface area (Å²) < 4.78 is 0. The SMILES string of the molecule is O=C(NNC(=S)NC(=O)c1ccc(Cl)cc1Cl)c1cccc(Cl)c1. The first-order valence-corrected chi connectivity index (χ1v) is 8.03. The molecule has 0 radical (unpaired) electrons. The first-order valence-electron chi connectivity index (χ1n) is 6.49. The Balaban J connectivity index is 1.91. The standard InChI is InChI=1S/C15H10Cl3N3O2S/c16-9-3-1-2-8(6-9)13(22)20-21-15(24)19-14(23)11-5-4-10(17)7-12(11)18/h1-7H,(H,20,22)(H2,19,21,23,24). The molecular formula is C15H10Cl3N3O2S. The van der Waals surface area contributed by atoms with Gasteiger partial charge in [0.2, 0.25) is 0 Å². The molecule has 9 heteroatoms. The Morgan fingerprint density at radius 2 is 1.58 bits per heavy atom. The molecule has 2 rings (SSSR count). The molecule has 0 fully saturated rings. The van der Waals surface area contributed by atoms with Gasteiger partial charge in [-0.15, -0.1) is 0 Å². The lowest BCUT2D eigenvalue weighted by Gasteiger charge is -2.11. The topological polar surface area (TPSA) is 70.2 Å². The van der Waals surface area contributed by atoms with Crippen LogP contribution in [0.2, 0.25) is 15.1 Å². The van der Waals surface area contributed by atoms with E-state index in [2.05, 4.69) is 16.2 Å². The Hall–Kier alpha value is -1.86. The zero-order valence-corrected chi connectivity index (χ0v) is 15.0. The van der Waals surface area contributed by atoms with Crippen molar-refractivity contribution in [1.29, 1.82) is 0 Å². The van der Waals surface area contributed by atoms with Gasteiger partial charge in [-0.1, -0.05) is 40.9 Å². The number of hydrogen-bond donors (Lipinski definition) is 3. The van der Waals surface area contributed by atoms with Crippen LogP contribution >= 0.6 is 47.0 Å². The second-order valence-electron chi connectivity index (χ2n) is 4.50. The van der Waals surface area contributed by atoms with E-state index in [0.717, 1.165) is 0 Å². The minimum Gasteiger partial charge on any atom is -0.298 e. The van der Waals surface area contributed by atoms with E-state index in [0.29, 0.717) is 15.6 Å². The first kappa shape index (κ1) is 18.5. The van der Waals surface area contributed by atoms with Gasteiger partial charge in [0, 0.05) is 15.6 Å². The Morgan fingerprint density at radius 1 is 0.875 bits per heavy atom. The lowest BCUT2D eigenvalue weighted by atomic mass is 10.2. The van der Waals surface area contributed by atoms with Crippen molar-refractivity contribution in [2.45, 2.75) is 0 Å². The van der Waals surface area contributed by atoms with Crippen molar-refractivity contribution in [2.24, 2.45) is 0 Å². The molecule has 0 unspecified atom stereocenters. The Kier molecular flexibility index (Phi) is 6.39. The number of thiocarbonyl (C=S) groups is 1. The number of carbonyl (C=O) groups excluding carboxylic acids is 2. The van der Waals surface area contributed by atoms with E-state index in [9.17, 15) is 9.59 Å². The Morgan fingerprint density at radius 3 is 2.25 bits per heavy atom. The second kappa shape index (κ2) is 8.30. The van der Waals surface area contributed by atoms with Gasteiger partial charge in [0.1, 0.15) is 0 Å². The van der Waals surface area contributed by atoms with Crippen LogP contribution in [-0.4, -0.2) is 16.9 Å². The molecule has 0 aliphatic heterocycles. The fraction of sp³-hybridized carbons (Fsp3) is 0. The van der Waals surface area contributed by atoms with Crippen LogP contribution in [0.4, 0.5) is 0 Å². The van der Waals surface area contributed by atoms with E-state index in [1.54, 1.807) is 18.2 Å². The van der Waals surface area contributed by atoms with Crippen LogP contribution < -0.4 is 16.2 Å². The Bertz CT molecular complexity index is 814. The number of benzene rings is 2. The quantitative estimate of drug-likeness (QED) is 0.530. The highest BCUT2D eigenvalue weighted by Crippen LogP contribution is 2.20. The maximum atomic E-state index is 12.1. The van der Waals surface area contributed by atoms with Gasteiger partial charge in [0.25, 0.3) is 11.8 Å². The summed E-state index contributed by atoms with van der Waals surface area (Å²) >= 11 is 22.5. The third kappa shape index (κ3) is 5.07. The molecule has 0 aliphatic rings. The average molecular weight is 403 g/mol. The molecule has 0 aromatic heterocycles. The van der Waals surface area contributed by atoms with E-state index < -0.39 is 11.8 Å². The van der Waals surface area contributed by atoms with E-state index in [1.165, 1.54) is 24.3 Å². The maximum absolute atomic E-state index is 12.1. The van der Waals surface area contributed by atoms with Gasteiger partial charge >= 0.3 is 0 Å². The Labute approximate surface area is 158 Å². The zero-order chi connectivity index (χ0) is 17.7. The van der Waals surface area contributed by atoms with E-state index >= 15 is 0 Å². The predicted molar refractivity (Wildman–Crippen MR) is 98.6 cm³/mol. The van der Waals surface area contributed by atoms with Gasteiger partial charge < -0.3 is 0 Å².